The first-order valence-corrected chi connectivity index (χ1v) is 7.15. The SMILES string of the molecule is CCOC(=O)C(NC(=O)CC1(OC)CCC1)C(=O)OCC. The zero-order chi connectivity index (χ0) is 15.9. The molecule has 0 aromatic carbocycles. The fourth-order valence-corrected chi connectivity index (χ4v) is 2.19. The average molecular weight is 301 g/mol. The van der Waals surface area contributed by atoms with Crippen molar-refractivity contribution in [1.29, 1.82) is 0 Å². The molecule has 0 heterocycles. The van der Waals surface area contributed by atoms with Gasteiger partial charge in [-0.2, -0.15) is 0 Å². The molecule has 1 aliphatic carbocycles. The van der Waals surface area contributed by atoms with Crippen LogP contribution in [0.25, 0.3) is 0 Å². The average Bonchev–Trinajstić information content (AvgIpc) is 2.40. The second-order valence-electron chi connectivity index (χ2n) is 4.92. The van der Waals surface area contributed by atoms with Gasteiger partial charge in [-0.1, -0.05) is 0 Å². The van der Waals surface area contributed by atoms with Gasteiger partial charge >= 0.3 is 11.9 Å². The van der Waals surface area contributed by atoms with Crippen molar-refractivity contribution in [2.45, 2.75) is 51.2 Å². The lowest BCUT2D eigenvalue weighted by Gasteiger charge is -2.40. The molecule has 1 N–H and O–H groups in total. The molecule has 1 fully saturated rings. The van der Waals surface area contributed by atoms with Crippen molar-refractivity contribution in [1.82, 2.24) is 5.32 Å². The van der Waals surface area contributed by atoms with Crippen LogP contribution >= 0.6 is 0 Å². The zero-order valence-corrected chi connectivity index (χ0v) is 12.8. The number of carbonyl (C=O) groups excluding carboxylic acids is 3. The normalized spacial score (nSPS) is 16.0. The minimum Gasteiger partial charge on any atom is -0.464 e. The standard InChI is InChI=1S/C14H23NO6/c1-4-20-12(17)11(13(18)21-5-2)15-10(16)9-14(19-3)7-6-8-14/h11H,4-9H2,1-3H3,(H,15,16). The third kappa shape index (κ3) is 4.70. The summed E-state index contributed by atoms with van der Waals surface area (Å²) in [7, 11) is 1.56. The summed E-state index contributed by atoms with van der Waals surface area (Å²) in [5.74, 6) is -2.06. The summed E-state index contributed by atoms with van der Waals surface area (Å²) in [5.41, 5.74) is -0.474. The Hall–Kier alpha value is -1.63. The monoisotopic (exact) mass is 301 g/mol. The minimum atomic E-state index is -1.42. The molecular formula is C14H23NO6. The molecule has 0 spiro atoms. The lowest BCUT2D eigenvalue weighted by Crippen LogP contribution is -2.51. The molecule has 1 saturated carbocycles. The molecule has 0 bridgehead atoms. The molecular weight excluding hydrogens is 278 g/mol. The Morgan fingerprint density at radius 3 is 1.95 bits per heavy atom. The van der Waals surface area contributed by atoms with E-state index in [1.54, 1.807) is 21.0 Å². The molecule has 0 atom stereocenters. The van der Waals surface area contributed by atoms with E-state index < -0.39 is 29.5 Å². The molecule has 0 aliphatic heterocycles. The van der Waals surface area contributed by atoms with Crippen LogP contribution in [0, 0.1) is 0 Å². The van der Waals surface area contributed by atoms with E-state index >= 15 is 0 Å². The predicted molar refractivity (Wildman–Crippen MR) is 73.4 cm³/mol. The van der Waals surface area contributed by atoms with Crippen LogP contribution in [0.5, 0.6) is 0 Å². The van der Waals surface area contributed by atoms with Crippen LogP contribution in [0.1, 0.15) is 39.5 Å². The minimum absolute atomic E-state index is 0.110. The molecule has 7 nitrogen and oxygen atoms in total. The lowest BCUT2D eigenvalue weighted by molar-refractivity contribution is -0.160. The van der Waals surface area contributed by atoms with Gasteiger partial charge in [0.1, 0.15) is 0 Å². The highest BCUT2D eigenvalue weighted by Crippen LogP contribution is 2.37. The zero-order valence-electron chi connectivity index (χ0n) is 12.8. The highest BCUT2D eigenvalue weighted by molar-refractivity contribution is 6.02. The third-order valence-corrected chi connectivity index (χ3v) is 3.53. The van der Waals surface area contributed by atoms with Crippen LogP contribution in [0.3, 0.4) is 0 Å². The van der Waals surface area contributed by atoms with Gasteiger partial charge in [0.25, 0.3) is 0 Å². The molecule has 1 aliphatic rings. The van der Waals surface area contributed by atoms with Crippen molar-refractivity contribution < 1.29 is 28.6 Å². The summed E-state index contributed by atoms with van der Waals surface area (Å²) in [6.45, 7) is 3.48. The number of nitrogens with one attached hydrogen (secondary N) is 1. The summed E-state index contributed by atoms with van der Waals surface area (Å²) >= 11 is 0. The van der Waals surface area contributed by atoms with E-state index in [4.69, 9.17) is 14.2 Å². The number of amides is 1. The second kappa shape index (κ2) is 7.97. The molecule has 0 aromatic rings. The van der Waals surface area contributed by atoms with E-state index in [1.165, 1.54) is 0 Å². The van der Waals surface area contributed by atoms with Crippen molar-refractivity contribution in [3.05, 3.63) is 0 Å². The molecule has 0 saturated heterocycles. The van der Waals surface area contributed by atoms with E-state index in [2.05, 4.69) is 5.32 Å². The summed E-state index contributed by atoms with van der Waals surface area (Å²) in [4.78, 5) is 35.5. The van der Waals surface area contributed by atoms with Gasteiger partial charge in [0.15, 0.2) is 0 Å². The van der Waals surface area contributed by atoms with Gasteiger partial charge < -0.3 is 19.5 Å². The fourth-order valence-electron chi connectivity index (χ4n) is 2.19. The lowest BCUT2D eigenvalue weighted by atomic mass is 9.77. The van der Waals surface area contributed by atoms with E-state index in [9.17, 15) is 14.4 Å². The number of rotatable bonds is 8. The van der Waals surface area contributed by atoms with Crippen LogP contribution in [0.2, 0.25) is 0 Å². The number of esters is 2. The summed E-state index contributed by atoms with van der Waals surface area (Å²) in [5, 5.41) is 2.38. The maximum Gasteiger partial charge on any atom is 0.340 e. The molecule has 0 aromatic heterocycles. The largest absolute Gasteiger partial charge is 0.464 e. The smallest absolute Gasteiger partial charge is 0.340 e. The predicted octanol–water partition coefficient (Wildman–Crippen LogP) is 0.557. The van der Waals surface area contributed by atoms with Gasteiger partial charge in [-0.3, -0.25) is 4.79 Å². The highest BCUT2D eigenvalue weighted by atomic mass is 16.6. The summed E-state index contributed by atoms with van der Waals surface area (Å²) < 4.78 is 14.9. The maximum atomic E-state index is 12.0. The Balaban J connectivity index is 2.64. The number of carbonyl (C=O) groups is 3. The van der Waals surface area contributed by atoms with E-state index in [0.717, 1.165) is 19.3 Å². The Kier molecular flexibility index (Phi) is 6.61. The molecule has 1 amide bonds. The first kappa shape index (κ1) is 17.4. The first-order valence-electron chi connectivity index (χ1n) is 7.15. The van der Waals surface area contributed by atoms with Crippen LogP contribution in [-0.4, -0.2) is 49.8 Å². The number of hydrogen-bond donors (Lipinski definition) is 1. The van der Waals surface area contributed by atoms with Crippen molar-refractivity contribution >= 4 is 17.8 Å². The van der Waals surface area contributed by atoms with Gasteiger partial charge in [-0.05, 0) is 33.1 Å². The number of methoxy groups -OCH3 is 1. The Morgan fingerprint density at radius 1 is 1.10 bits per heavy atom. The third-order valence-electron chi connectivity index (χ3n) is 3.53. The topological polar surface area (TPSA) is 90.9 Å². The van der Waals surface area contributed by atoms with Gasteiger partial charge in [0, 0.05) is 7.11 Å². The molecule has 21 heavy (non-hydrogen) atoms. The van der Waals surface area contributed by atoms with Crippen LogP contribution < -0.4 is 5.32 Å². The quantitative estimate of drug-likeness (QED) is 0.520. The van der Waals surface area contributed by atoms with Gasteiger partial charge in [-0.15, -0.1) is 0 Å². The maximum absolute atomic E-state index is 12.0. The van der Waals surface area contributed by atoms with E-state index in [-0.39, 0.29) is 19.6 Å². The molecule has 120 valence electrons. The van der Waals surface area contributed by atoms with Crippen molar-refractivity contribution in [3.63, 3.8) is 0 Å². The van der Waals surface area contributed by atoms with Crippen molar-refractivity contribution in [2.75, 3.05) is 20.3 Å². The van der Waals surface area contributed by atoms with Gasteiger partial charge in [-0.25, -0.2) is 9.59 Å². The Bertz CT molecular complexity index is 367. The molecule has 7 heteroatoms. The van der Waals surface area contributed by atoms with Gasteiger partial charge in [0.2, 0.25) is 11.9 Å². The van der Waals surface area contributed by atoms with Crippen molar-refractivity contribution in [2.24, 2.45) is 0 Å². The fraction of sp³-hybridized carbons (Fsp3) is 0.786. The first-order chi connectivity index (χ1) is 9.98. The van der Waals surface area contributed by atoms with Crippen LogP contribution in [0.4, 0.5) is 0 Å². The summed E-state index contributed by atoms with van der Waals surface area (Å²) in [6, 6.07) is -1.42. The van der Waals surface area contributed by atoms with Gasteiger partial charge in [0.05, 0.1) is 25.2 Å². The summed E-state index contributed by atoms with van der Waals surface area (Å²) in [6.07, 6.45) is 2.69. The number of hydrogen-bond acceptors (Lipinski definition) is 6. The molecule has 0 radical (unpaired) electrons. The second-order valence-corrected chi connectivity index (χ2v) is 4.92. The highest BCUT2D eigenvalue weighted by Gasteiger charge is 2.40. The number of ether oxygens (including phenoxy) is 3. The van der Waals surface area contributed by atoms with Crippen molar-refractivity contribution in [3.8, 4) is 0 Å². The van der Waals surface area contributed by atoms with Crippen LogP contribution in [-0.2, 0) is 28.6 Å². The Labute approximate surface area is 124 Å². The van der Waals surface area contributed by atoms with E-state index in [0.29, 0.717) is 0 Å². The molecule has 1 rings (SSSR count). The Morgan fingerprint density at radius 2 is 1.62 bits per heavy atom. The molecule has 0 unspecified atom stereocenters. The van der Waals surface area contributed by atoms with Crippen LogP contribution in [0.15, 0.2) is 0 Å². The van der Waals surface area contributed by atoms with E-state index in [1.807, 2.05) is 0 Å².